The highest BCUT2D eigenvalue weighted by Gasteiger charge is 2.51. The summed E-state index contributed by atoms with van der Waals surface area (Å²) in [7, 11) is 1.85. The molecular weight excluding hydrogens is 394 g/mol. The van der Waals surface area contributed by atoms with Gasteiger partial charge in [0.05, 0.1) is 0 Å². The molecule has 1 spiro atoms. The Labute approximate surface area is 188 Å². The van der Waals surface area contributed by atoms with Crippen LogP contribution in [0.15, 0.2) is 0 Å². The van der Waals surface area contributed by atoms with E-state index < -0.39 is 5.60 Å². The number of piperidine rings is 2. The van der Waals surface area contributed by atoms with Gasteiger partial charge < -0.3 is 19.3 Å². The summed E-state index contributed by atoms with van der Waals surface area (Å²) in [5, 5.41) is 0. The molecule has 1 unspecified atom stereocenters. The highest BCUT2D eigenvalue weighted by molar-refractivity contribution is 5.69. The van der Waals surface area contributed by atoms with E-state index >= 15 is 0 Å². The minimum absolute atomic E-state index is 0.0779. The fourth-order valence-electron chi connectivity index (χ4n) is 5.46. The lowest BCUT2D eigenvalue weighted by Crippen LogP contribution is -2.63. The molecule has 0 radical (unpaired) electrons. The maximum Gasteiger partial charge on any atom is 0.410 e. The Morgan fingerprint density at radius 1 is 1.13 bits per heavy atom. The zero-order valence-corrected chi connectivity index (χ0v) is 20.5. The molecule has 7 nitrogen and oxygen atoms in total. The fraction of sp³-hybridized carbons (Fsp3) is 0.917. The van der Waals surface area contributed by atoms with E-state index in [0.717, 1.165) is 64.8 Å². The number of carbonyl (C=O) groups is 2. The van der Waals surface area contributed by atoms with Crippen molar-refractivity contribution in [3.63, 3.8) is 0 Å². The summed E-state index contributed by atoms with van der Waals surface area (Å²) < 4.78 is 11.6. The van der Waals surface area contributed by atoms with Gasteiger partial charge in [-0.2, -0.15) is 0 Å². The number of unbranched alkanes of at least 4 members (excludes halogenated alkanes) is 1. The SMILES string of the molecule is CCCCC1CN(C)C(=O)OC12CCN(C1(C)CCN(C(=O)OC(C)(C)C)CC1)CC2. The van der Waals surface area contributed by atoms with Crippen molar-refractivity contribution >= 4 is 12.2 Å². The Bertz CT molecular complexity index is 644. The molecule has 3 aliphatic heterocycles. The molecule has 3 heterocycles. The van der Waals surface area contributed by atoms with Crippen LogP contribution in [0.1, 0.15) is 79.6 Å². The van der Waals surface area contributed by atoms with Crippen molar-refractivity contribution in [2.24, 2.45) is 5.92 Å². The molecule has 0 aromatic carbocycles. The quantitative estimate of drug-likeness (QED) is 0.648. The maximum atomic E-state index is 12.4. The molecule has 178 valence electrons. The number of hydrogen-bond donors (Lipinski definition) is 0. The van der Waals surface area contributed by atoms with Crippen molar-refractivity contribution in [2.45, 2.75) is 96.3 Å². The van der Waals surface area contributed by atoms with Gasteiger partial charge in [0.1, 0.15) is 11.2 Å². The second-order valence-corrected chi connectivity index (χ2v) is 11.1. The summed E-state index contributed by atoms with van der Waals surface area (Å²) in [6.45, 7) is 14.4. The van der Waals surface area contributed by atoms with Crippen LogP contribution in [-0.4, -0.2) is 83.4 Å². The minimum Gasteiger partial charge on any atom is -0.444 e. The van der Waals surface area contributed by atoms with Crippen LogP contribution < -0.4 is 0 Å². The normalized spacial score (nSPS) is 26.6. The number of rotatable bonds is 4. The number of ether oxygens (including phenoxy) is 2. The van der Waals surface area contributed by atoms with Crippen molar-refractivity contribution < 1.29 is 19.1 Å². The zero-order chi connectivity index (χ0) is 22.9. The van der Waals surface area contributed by atoms with Crippen LogP contribution in [0.2, 0.25) is 0 Å². The van der Waals surface area contributed by atoms with Crippen LogP contribution in [0.25, 0.3) is 0 Å². The number of likely N-dealkylation sites (tertiary alicyclic amines) is 2. The van der Waals surface area contributed by atoms with Gasteiger partial charge >= 0.3 is 12.2 Å². The third-order valence-corrected chi connectivity index (χ3v) is 7.61. The van der Waals surface area contributed by atoms with E-state index in [1.807, 2.05) is 32.7 Å². The maximum absolute atomic E-state index is 12.4. The van der Waals surface area contributed by atoms with Crippen LogP contribution in [0, 0.1) is 5.92 Å². The largest absolute Gasteiger partial charge is 0.444 e. The van der Waals surface area contributed by atoms with Crippen LogP contribution in [0.4, 0.5) is 9.59 Å². The van der Waals surface area contributed by atoms with Gasteiger partial charge in [-0.3, -0.25) is 4.90 Å². The van der Waals surface area contributed by atoms with Gasteiger partial charge in [-0.05, 0) is 47.0 Å². The van der Waals surface area contributed by atoms with Crippen molar-refractivity contribution in [3.8, 4) is 0 Å². The zero-order valence-electron chi connectivity index (χ0n) is 20.5. The Morgan fingerprint density at radius 2 is 1.74 bits per heavy atom. The summed E-state index contributed by atoms with van der Waals surface area (Å²) in [5.41, 5.74) is -0.684. The van der Waals surface area contributed by atoms with Gasteiger partial charge in [0, 0.05) is 64.1 Å². The van der Waals surface area contributed by atoms with Gasteiger partial charge in [0.15, 0.2) is 0 Å². The number of nitrogens with zero attached hydrogens (tertiary/aromatic N) is 3. The molecule has 31 heavy (non-hydrogen) atoms. The molecule has 0 aromatic heterocycles. The lowest BCUT2D eigenvalue weighted by atomic mass is 9.74. The molecule has 2 amide bonds. The first-order valence-corrected chi connectivity index (χ1v) is 12.2. The lowest BCUT2D eigenvalue weighted by Gasteiger charge is -2.54. The third kappa shape index (κ3) is 5.47. The highest BCUT2D eigenvalue weighted by Crippen LogP contribution is 2.43. The number of hydrogen-bond acceptors (Lipinski definition) is 5. The summed E-state index contributed by atoms with van der Waals surface area (Å²) in [4.78, 5) is 31.0. The monoisotopic (exact) mass is 437 g/mol. The fourth-order valence-corrected chi connectivity index (χ4v) is 5.46. The van der Waals surface area contributed by atoms with E-state index in [9.17, 15) is 9.59 Å². The molecule has 3 rings (SSSR count). The molecule has 1 atom stereocenters. The summed E-state index contributed by atoms with van der Waals surface area (Å²) in [6.07, 6.45) is 6.81. The van der Waals surface area contributed by atoms with E-state index in [1.165, 1.54) is 12.8 Å². The first-order chi connectivity index (χ1) is 14.5. The summed E-state index contributed by atoms with van der Waals surface area (Å²) in [6, 6.07) is 0. The van der Waals surface area contributed by atoms with Gasteiger partial charge in [0.2, 0.25) is 0 Å². The van der Waals surface area contributed by atoms with Crippen LogP contribution in [0.5, 0.6) is 0 Å². The predicted molar refractivity (Wildman–Crippen MR) is 121 cm³/mol. The molecule has 0 bridgehead atoms. The van der Waals surface area contributed by atoms with Crippen molar-refractivity contribution in [1.82, 2.24) is 14.7 Å². The smallest absolute Gasteiger partial charge is 0.410 e. The molecule has 3 saturated heterocycles. The van der Waals surface area contributed by atoms with Crippen LogP contribution >= 0.6 is 0 Å². The van der Waals surface area contributed by atoms with Gasteiger partial charge in [-0.25, -0.2) is 9.59 Å². The van der Waals surface area contributed by atoms with Crippen molar-refractivity contribution in [2.75, 3.05) is 39.8 Å². The summed E-state index contributed by atoms with van der Waals surface area (Å²) in [5.74, 6) is 0.416. The minimum atomic E-state index is -0.459. The molecule has 0 aromatic rings. The molecule has 0 saturated carbocycles. The molecule has 0 aliphatic carbocycles. The van der Waals surface area contributed by atoms with Gasteiger partial charge in [0.25, 0.3) is 0 Å². The van der Waals surface area contributed by atoms with E-state index in [1.54, 1.807) is 4.90 Å². The molecule has 3 fully saturated rings. The topological polar surface area (TPSA) is 62.3 Å². The third-order valence-electron chi connectivity index (χ3n) is 7.61. The van der Waals surface area contributed by atoms with E-state index in [-0.39, 0.29) is 23.3 Å². The van der Waals surface area contributed by atoms with Crippen molar-refractivity contribution in [3.05, 3.63) is 0 Å². The number of amides is 2. The molecule has 7 heteroatoms. The standard InChI is InChI=1S/C24H43N3O4/c1-7-8-9-19-18-25(6)20(28)31-24(19)12-16-27(17-13-24)23(5)10-14-26(15-11-23)21(29)30-22(2,3)4/h19H,7-18H2,1-6H3. The van der Waals surface area contributed by atoms with Crippen molar-refractivity contribution in [1.29, 1.82) is 0 Å². The second kappa shape index (κ2) is 9.16. The van der Waals surface area contributed by atoms with E-state index in [0.29, 0.717) is 5.92 Å². The Balaban J connectivity index is 1.58. The average molecular weight is 438 g/mol. The van der Waals surface area contributed by atoms with Crippen LogP contribution in [0.3, 0.4) is 0 Å². The molecule has 0 N–H and O–H groups in total. The Kier molecular flexibility index (Phi) is 7.14. The highest BCUT2D eigenvalue weighted by atomic mass is 16.6. The summed E-state index contributed by atoms with van der Waals surface area (Å²) >= 11 is 0. The second-order valence-electron chi connectivity index (χ2n) is 11.1. The van der Waals surface area contributed by atoms with E-state index in [4.69, 9.17) is 9.47 Å². The average Bonchev–Trinajstić information content (AvgIpc) is 2.69. The van der Waals surface area contributed by atoms with Crippen LogP contribution in [-0.2, 0) is 9.47 Å². The lowest BCUT2D eigenvalue weighted by molar-refractivity contribution is -0.130. The van der Waals surface area contributed by atoms with Gasteiger partial charge in [-0.15, -0.1) is 0 Å². The first-order valence-electron chi connectivity index (χ1n) is 12.2. The van der Waals surface area contributed by atoms with E-state index in [2.05, 4.69) is 18.7 Å². The number of carbonyl (C=O) groups excluding carboxylic acids is 2. The first kappa shape index (κ1) is 24.1. The Hall–Kier alpha value is -1.50. The molecule has 3 aliphatic rings. The Morgan fingerprint density at radius 3 is 2.29 bits per heavy atom. The molecular formula is C24H43N3O4. The predicted octanol–water partition coefficient (Wildman–Crippen LogP) is 4.50. The van der Waals surface area contributed by atoms with Gasteiger partial charge in [-0.1, -0.05) is 19.8 Å².